The molecule has 0 spiro atoms. The Kier molecular flexibility index (Phi) is 7.42. The molecule has 1 N–H and O–H groups in total. The first-order chi connectivity index (χ1) is 15.9. The molecule has 0 aliphatic heterocycles. The van der Waals surface area contributed by atoms with Crippen LogP contribution in [-0.4, -0.2) is 30.8 Å². The molecule has 0 aliphatic rings. The molecule has 3 aromatic rings. The Hall–Kier alpha value is -3.24. The van der Waals surface area contributed by atoms with Crippen molar-refractivity contribution in [2.75, 3.05) is 11.1 Å². The van der Waals surface area contributed by atoms with Crippen LogP contribution in [0.1, 0.15) is 28.5 Å². The Morgan fingerprint density at radius 3 is 2.29 bits per heavy atom. The highest BCUT2D eigenvalue weighted by molar-refractivity contribution is 7.91. The van der Waals surface area contributed by atoms with Crippen molar-refractivity contribution in [1.29, 1.82) is 0 Å². The van der Waals surface area contributed by atoms with Gasteiger partial charge in [-0.3, -0.25) is 14.6 Å². The largest absolute Gasteiger partial charge is 0.336 e. The zero-order chi connectivity index (χ0) is 25.1. The van der Waals surface area contributed by atoms with Gasteiger partial charge in [0.15, 0.2) is 9.84 Å². The Bertz CT molecular complexity index is 1330. The van der Waals surface area contributed by atoms with Gasteiger partial charge in [0, 0.05) is 5.56 Å². The number of anilines is 1. The number of halogens is 4. The van der Waals surface area contributed by atoms with Crippen LogP contribution in [0.5, 0.6) is 0 Å². The topological polar surface area (TPSA) is 93.2 Å². The molecule has 0 radical (unpaired) electrons. The smallest absolute Gasteiger partial charge is 0.324 e. The molecular weight excluding hydrogens is 493 g/mol. The van der Waals surface area contributed by atoms with Gasteiger partial charge in [-0.25, -0.2) is 12.8 Å². The van der Waals surface area contributed by atoms with Crippen LogP contribution in [0.4, 0.5) is 18.9 Å². The molecule has 1 heterocycles. The second-order valence-electron chi connectivity index (χ2n) is 7.24. The summed E-state index contributed by atoms with van der Waals surface area (Å²) >= 11 is 5.53. The number of nitrogens with one attached hydrogen (secondary N) is 1. The number of pyridine rings is 1. The number of alkyl halides is 2. The monoisotopic (exact) mass is 510 g/mol. The second-order valence-corrected chi connectivity index (χ2v) is 9.92. The Labute approximate surface area is 198 Å². The van der Waals surface area contributed by atoms with E-state index in [1.165, 1.54) is 37.3 Å². The van der Waals surface area contributed by atoms with E-state index < -0.39 is 49.5 Å². The number of benzene rings is 2. The minimum absolute atomic E-state index is 0.0398. The molecule has 11 heteroatoms. The van der Waals surface area contributed by atoms with Crippen molar-refractivity contribution in [3.05, 3.63) is 88.5 Å². The molecule has 6 nitrogen and oxygen atoms in total. The van der Waals surface area contributed by atoms with E-state index in [0.717, 1.165) is 24.4 Å². The summed E-state index contributed by atoms with van der Waals surface area (Å²) < 4.78 is 66.0. The molecule has 0 fully saturated rings. The third-order valence-electron chi connectivity index (χ3n) is 4.87. The number of aromatic nitrogens is 1. The van der Waals surface area contributed by atoms with Crippen LogP contribution in [0.2, 0.25) is 5.02 Å². The van der Waals surface area contributed by atoms with E-state index in [9.17, 15) is 31.2 Å². The van der Waals surface area contributed by atoms with Crippen molar-refractivity contribution < 1.29 is 31.2 Å². The number of amides is 1. The summed E-state index contributed by atoms with van der Waals surface area (Å²) in [4.78, 5) is 28.4. The van der Waals surface area contributed by atoms with Gasteiger partial charge in [-0.15, -0.1) is 0 Å². The lowest BCUT2D eigenvalue weighted by atomic mass is 10.0. The van der Waals surface area contributed by atoms with Crippen LogP contribution in [0.15, 0.2) is 65.7 Å². The number of carbonyl (C=O) groups excluding carboxylic acids is 2. The normalized spacial score (nSPS) is 11.8. The number of rotatable bonds is 8. The number of hydrogen-bond donors (Lipinski definition) is 1. The lowest BCUT2D eigenvalue weighted by Crippen LogP contribution is -2.27. The van der Waals surface area contributed by atoms with Crippen LogP contribution in [0.3, 0.4) is 0 Å². The zero-order valence-corrected chi connectivity index (χ0v) is 19.3. The van der Waals surface area contributed by atoms with Gasteiger partial charge < -0.3 is 5.32 Å². The highest BCUT2D eigenvalue weighted by Crippen LogP contribution is 2.33. The van der Waals surface area contributed by atoms with Crippen molar-refractivity contribution in [2.45, 2.75) is 24.2 Å². The van der Waals surface area contributed by atoms with E-state index in [-0.39, 0.29) is 22.8 Å². The van der Waals surface area contributed by atoms with Gasteiger partial charge >= 0.3 is 5.92 Å². The predicted octanol–water partition coefficient (Wildman–Crippen LogP) is 4.82. The summed E-state index contributed by atoms with van der Waals surface area (Å²) in [5, 5.41) is 1.98. The molecule has 0 saturated carbocycles. The minimum Gasteiger partial charge on any atom is -0.324 e. The molecule has 0 bridgehead atoms. The summed E-state index contributed by atoms with van der Waals surface area (Å²) in [6.45, 7) is 1.53. The molecule has 0 atom stereocenters. The van der Waals surface area contributed by atoms with Crippen molar-refractivity contribution in [3.8, 4) is 0 Å². The molecular formula is C23H18ClF3N2O4S. The van der Waals surface area contributed by atoms with Crippen LogP contribution < -0.4 is 5.32 Å². The van der Waals surface area contributed by atoms with Crippen LogP contribution in [-0.2, 0) is 27.0 Å². The van der Waals surface area contributed by atoms with Gasteiger partial charge in [-0.05, 0) is 48.0 Å². The Balaban J connectivity index is 1.66. The first-order valence-corrected chi connectivity index (χ1v) is 11.9. The summed E-state index contributed by atoms with van der Waals surface area (Å²) in [5.41, 5.74) is -0.609. The Morgan fingerprint density at radius 2 is 1.74 bits per heavy atom. The highest BCUT2D eigenvalue weighted by atomic mass is 35.5. The fourth-order valence-electron chi connectivity index (χ4n) is 2.96. The average Bonchev–Trinajstić information content (AvgIpc) is 2.81. The Morgan fingerprint density at radius 1 is 1.06 bits per heavy atom. The molecule has 0 saturated heterocycles. The van der Waals surface area contributed by atoms with E-state index in [4.69, 9.17) is 11.6 Å². The number of carbonyl (C=O) groups is 2. The maximum atomic E-state index is 14.5. The number of ketones is 1. The van der Waals surface area contributed by atoms with Crippen molar-refractivity contribution in [2.24, 2.45) is 0 Å². The molecule has 1 amide bonds. The number of hydrogen-bond acceptors (Lipinski definition) is 5. The van der Waals surface area contributed by atoms with E-state index in [1.54, 1.807) is 0 Å². The van der Waals surface area contributed by atoms with E-state index >= 15 is 0 Å². The number of sulfone groups is 1. The van der Waals surface area contributed by atoms with Crippen LogP contribution >= 0.6 is 11.6 Å². The predicted molar refractivity (Wildman–Crippen MR) is 120 cm³/mol. The number of nitrogens with zero attached hydrogens (tertiary/aromatic N) is 1. The van der Waals surface area contributed by atoms with E-state index in [1.807, 2.05) is 0 Å². The van der Waals surface area contributed by atoms with Crippen LogP contribution in [0, 0.1) is 5.82 Å². The van der Waals surface area contributed by atoms with Gasteiger partial charge in [0.05, 0.1) is 34.0 Å². The zero-order valence-electron chi connectivity index (χ0n) is 17.7. The van der Waals surface area contributed by atoms with Gasteiger partial charge in [0.1, 0.15) is 11.5 Å². The van der Waals surface area contributed by atoms with Gasteiger partial charge in [-0.1, -0.05) is 30.7 Å². The van der Waals surface area contributed by atoms with Crippen molar-refractivity contribution in [1.82, 2.24) is 4.98 Å². The summed E-state index contributed by atoms with van der Waals surface area (Å²) in [6, 6.07) is 10.3. The van der Waals surface area contributed by atoms with E-state index in [0.29, 0.717) is 11.6 Å². The van der Waals surface area contributed by atoms with Crippen LogP contribution in [0.25, 0.3) is 0 Å². The molecule has 0 aliphatic carbocycles. The molecule has 2 aromatic carbocycles. The maximum Gasteiger partial charge on any atom is 0.336 e. The van der Waals surface area contributed by atoms with Gasteiger partial charge in [0.2, 0.25) is 5.91 Å². The lowest BCUT2D eigenvalue weighted by molar-refractivity contribution is -0.115. The average molecular weight is 511 g/mol. The fourth-order valence-corrected chi connectivity index (χ4v) is 4.02. The summed E-state index contributed by atoms with van der Waals surface area (Å²) in [6.07, 6.45) is 0.978. The van der Waals surface area contributed by atoms with Gasteiger partial charge in [-0.2, -0.15) is 8.78 Å². The molecule has 1 aromatic heterocycles. The highest BCUT2D eigenvalue weighted by Gasteiger charge is 2.42. The fraction of sp³-hybridized carbons (Fsp3) is 0.174. The minimum atomic E-state index is -3.99. The van der Waals surface area contributed by atoms with Crippen molar-refractivity contribution >= 4 is 38.8 Å². The summed E-state index contributed by atoms with van der Waals surface area (Å²) in [5.74, 6) is -7.00. The molecule has 0 unspecified atom stereocenters. The molecule has 34 heavy (non-hydrogen) atoms. The van der Waals surface area contributed by atoms with Gasteiger partial charge in [0.25, 0.3) is 5.78 Å². The van der Waals surface area contributed by atoms with E-state index in [2.05, 4.69) is 10.3 Å². The number of Topliss-reactive ketones (excluding diaryl/α,β-unsaturated/α-hetero) is 1. The summed E-state index contributed by atoms with van der Waals surface area (Å²) in [7, 11) is -3.35. The standard InChI is InChI=1S/C23H18ClF3N2O4S/c1-2-34(32,33)17-7-3-14(4-8-17)11-21(30)29-16-6-10-20(28-13-16)22(31)23(26,27)15-5-9-19(25)18(24)12-15/h3-10,12-13H,2,11H2,1H3,(H,29,30). The first-order valence-electron chi connectivity index (χ1n) is 9.90. The quantitative estimate of drug-likeness (QED) is 0.438. The SMILES string of the molecule is CCS(=O)(=O)c1ccc(CC(=O)Nc2ccc(C(=O)C(F)(F)c3ccc(F)c(Cl)c3)nc2)cc1. The molecule has 3 rings (SSSR count). The third-order valence-corrected chi connectivity index (χ3v) is 6.91. The molecule has 178 valence electrons. The first kappa shape index (κ1) is 25.4. The third kappa shape index (κ3) is 5.63. The maximum absolute atomic E-state index is 14.5. The second kappa shape index (κ2) is 9.94. The van der Waals surface area contributed by atoms with Crippen molar-refractivity contribution in [3.63, 3.8) is 0 Å². The lowest BCUT2D eigenvalue weighted by Gasteiger charge is -2.15.